The van der Waals surface area contributed by atoms with Crippen LogP contribution in [0.1, 0.15) is 50.2 Å². The SMILES string of the molecule is CCc1nnc([C@H](C)N[C@@H](C)c2cccc(S(=O)(=O)NC)c2)o1. The molecule has 0 saturated heterocycles. The van der Waals surface area contributed by atoms with Crippen molar-refractivity contribution in [2.24, 2.45) is 0 Å². The Bertz CT molecular complexity index is 758. The van der Waals surface area contributed by atoms with Crippen LogP contribution in [0.15, 0.2) is 33.6 Å². The predicted molar refractivity (Wildman–Crippen MR) is 86.3 cm³/mol. The largest absolute Gasteiger partial charge is 0.424 e. The van der Waals surface area contributed by atoms with E-state index < -0.39 is 10.0 Å². The maximum absolute atomic E-state index is 11.9. The third kappa shape index (κ3) is 4.15. The molecule has 0 spiro atoms. The highest BCUT2D eigenvalue weighted by molar-refractivity contribution is 7.89. The van der Waals surface area contributed by atoms with Gasteiger partial charge in [0.25, 0.3) is 0 Å². The quantitative estimate of drug-likeness (QED) is 0.801. The Hall–Kier alpha value is -1.77. The zero-order chi connectivity index (χ0) is 17.0. The van der Waals surface area contributed by atoms with E-state index in [1.807, 2.05) is 26.8 Å². The summed E-state index contributed by atoms with van der Waals surface area (Å²) in [5, 5.41) is 11.3. The van der Waals surface area contributed by atoms with E-state index in [1.54, 1.807) is 18.2 Å². The smallest absolute Gasteiger partial charge is 0.240 e. The normalized spacial score (nSPS) is 14.6. The molecule has 0 amide bonds. The van der Waals surface area contributed by atoms with E-state index in [-0.39, 0.29) is 17.0 Å². The van der Waals surface area contributed by atoms with Gasteiger partial charge in [-0.1, -0.05) is 19.1 Å². The van der Waals surface area contributed by atoms with Gasteiger partial charge in [-0.15, -0.1) is 10.2 Å². The van der Waals surface area contributed by atoms with E-state index >= 15 is 0 Å². The summed E-state index contributed by atoms with van der Waals surface area (Å²) in [7, 11) is -2.06. The molecule has 2 atom stereocenters. The fourth-order valence-electron chi connectivity index (χ4n) is 2.20. The molecule has 0 aliphatic rings. The second-order valence-corrected chi connectivity index (χ2v) is 7.16. The molecule has 0 radical (unpaired) electrons. The summed E-state index contributed by atoms with van der Waals surface area (Å²) in [4.78, 5) is 0.241. The standard InChI is InChI=1S/C15H22N4O3S/c1-5-14-18-19-15(22-14)11(3)17-10(2)12-7-6-8-13(9-12)23(20,21)16-4/h6-11,16-17H,5H2,1-4H3/t10-,11-/m0/s1. The summed E-state index contributed by atoms with van der Waals surface area (Å²) in [5.41, 5.74) is 0.864. The van der Waals surface area contributed by atoms with Crippen LogP contribution in [0.4, 0.5) is 0 Å². The number of hydrogen-bond acceptors (Lipinski definition) is 6. The summed E-state index contributed by atoms with van der Waals surface area (Å²) < 4.78 is 31.6. The molecule has 7 nitrogen and oxygen atoms in total. The van der Waals surface area contributed by atoms with E-state index in [0.29, 0.717) is 18.2 Å². The minimum absolute atomic E-state index is 0.0750. The molecule has 8 heteroatoms. The van der Waals surface area contributed by atoms with Crippen LogP contribution in [0, 0.1) is 0 Å². The van der Waals surface area contributed by atoms with Gasteiger partial charge in [-0.2, -0.15) is 0 Å². The molecular formula is C15H22N4O3S. The van der Waals surface area contributed by atoms with Gasteiger partial charge in [-0.05, 0) is 38.6 Å². The van der Waals surface area contributed by atoms with Crippen LogP contribution < -0.4 is 10.0 Å². The van der Waals surface area contributed by atoms with Gasteiger partial charge in [0.2, 0.25) is 21.8 Å². The summed E-state index contributed by atoms with van der Waals surface area (Å²) in [6.07, 6.45) is 0.694. The molecule has 0 unspecified atom stereocenters. The van der Waals surface area contributed by atoms with Gasteiger partial charge < -0.3 is 4.42 Å². The summed E-state index contributed by atoms with van der Waals surface area (Å²) >= 11 is 0. The number of sulfonamides is 1. The van der Waals surface area contributed by atoms with Crippen molar-refractivity contribution in [1.29, 1.82) is 0 Å². The lowest BCUT2D eigenvalue weighted by molar-refractivity contribution is 0.374. The Balaban J connectivity index is 2.14. The monoisotopic (exact) mass is 338 g/mol. The molecule has 0 aliphatic carbocycles. The number of hydrogen-bond donors (Lipinski definition) is 2. The van der Waals surface area contributed by atoms with E-state index in [0.717, 1.165) is 5.56 Å². The first-order valence-corrected chi connectivity index (χ1v) is 8.97. The van der Waals surface area contributed by atoms with E-state index in [4.69, 9.17) is 4.42 Å². The summed E-state index contributed by atoms with van der Waals surface area (Å²) in [6.45, 7) is 5.84. The summed E-state index contributed by atoms with van der Waals surface area (Å²) in [5.74, 6) is 1.12. The van der Waals surface area contributed by atoms with Gasteiger partial charge in [-0.25, -0.2) is 13.1 Å². The van der Waals surface area contributed by atoms with Crippen molar-refractivity contribution in [3.8, 4) is 0 Å². The van der Waals surface area contributed by atoms with Crippen LogP contribution in [-0.4, -0.2) is 25.7 Å². The van der Waals surface area contributed by atoms with Crippen molar-refractivity contribution in [2.45, 2.75) is 44.2 Å². The average molecular weight is 338 g/mol. The minimum Gasteiger partial charge on any atom is -0.424 e. The molecule has 0 bridgehead atoms. The topological polar surface area (TPSA) is 97.1 Å². The fourth-order valence-corrected chi connectivity index (χ4v) is 2.98. The number of aromatic nitrogens is 2. The Morgan fingerprint density at radius 2 is 1.96 bits per heavy atom. The fraction of sp³-hybridized carbons (Fsp3) is 0.467. The maximum atomic E-state index is 11.9. The molecule has 1 heterocycles. The highest BCUT2D eigenvalue weighted by Crippen LogP contribution is 2.21. The van der Waals surface area contributed by atoms with Gasteiger partial charge in [-0.3, -0.25) is 5.32 Å². The van der Waals surface area contributed by atoms with E-state index in [1.165, 1.54) is 7.05 Å². The average Bonchev–Trinajstić information content (AvgIpc) is 3.04. The third-order valence-electron chi connectivity index (χ3n) is 3.59. The minimum atomic E-state index is -3.45. The van der Waals surface area contributed by atoms with Gasteiger partial charge in [0.15, 0.2) is 0 Å². The number of rotatable bonds is 7. The van der Waals surface area contributed by atoms with Gasteiger partial charge >= 0.3 is 0 Å². The second kappa shape index (κ2) is 7.20. The van der Waals surface area contributed by atoms with Gasteiger partial charge in [0.05, 0.1) is 10.9 Å². The predicted octanol–water partition coefficient (Wildman–Crippen LogP) is 1.95. The number of nitrogens with one attached hydrogen (secondary N) is 2. The zero-order valence-electron chi connectivity index (χ0n) is 13.7. The van der Waals surface area contributed by atoms with Crippen LogP contribution in [-0.2, 0) is 16.4 Å². The Morgan fingerprint density at radius 3 is 2.57 bits per heavy atom. The third-order valence-corrected chi connectivity index (χ3v) is 5.00. The highest BCUT2D eigenvalue weighted by atomic mass is 32.2. The van der Waals surface area contributed by atoms with Crippen molar-refractivity contribution in [3.63, 3.8) is 0 Å². The first kappa shape index (κ1) is 17.6. The molecule has 1 aromatic heterocycles. The molecule has 1 aromatic carbocycles. The van der Waals surface area contributed by atoms with Gasteiger partial charge in [0.1, 0.15) is 0 Å². The van der Waals surface area contributed by atoms with Crippen LogP contribution in [0.5, 0.6) is 0 Å². The number of benzene rings is 1. The molecule has 0 aliphatic heterocycles. The molecule has 2 N–H and O–H groups in total. The van der Waals surface area contributed by atoms with E-state index in [9.17, 15) is 8.42 Å². The highest BCUT2D eigenvalue weighted by Gasteiger charge is 2.18. The molecule has 0 fully saturated rings. The van der Waals surface area contributed by atoms with E-state index in [2.05, 4.69) is 20.2 Å². The van der Waals surface area contributed by atoms with Gasteiger partial charge in [0, 0.05) is 12.5 Å². The number of nitrogens with zero attached hydrogens (tertiary/aromatic N) is 2. The second-order valence-electron chi connectivity index (χ2n) is 5.28. The molecule has 23 heavy (non-hydrogen) atoms. The lowest BCUT2D eigenvalue weighted by Crippen LogP contribution is -2.23. The lowest BCUT2D eigenvalue weighted by Gasteiger charge is -2.18. The van der Waals surface area contributed by atoms with Crippen LogP contribution in [0.2, 0.25) is 0 Å². The zero-order valence-corrected chi connectivity index (χ0v) is 14.5. The Labute approximate surface area is 136 Å². The Kier molecular flexibility index (Phi) is 5.51. The van der Waals surface area contributed by atoms with Crippen molar-refractivity contribution < 1.29 is 12.8 Å². The van der Waals surface area contributed by atoms with Crippen molar-refractivity contribution in [1.82, 2.24) is 20.2 Å². The first-order valence-electron chi connectivity index (χ1n) is 7.49. The van der Waals surface area contributed by atoms with Crippen molar-refractivity contribution in [3.05, 3.63) is 41.6 Å². The molecule has 2 aromatic rings. The molecule has 0 saturated carbocycles. The summed E-state index contributed by atoms with van der Waals surface area (Å²) in [6, 6.07) is 6.61. The Morgan fingerprint density at radius 1 is 1.22 bits per heavy atom. The molecular weight excluding hydrogens is 316 g/mol. The first-order chi connectivity index (χ1) is 10.9. The van der Waals surface area contributed by atoms with Crippen LogP contribution in [0.3, 0.4) is 0 Å². The molecule has 126 valence electrons. The maximum Gasteiger partial charge on any atom is 0.240 e. The lowest BCUT2D eigenvalue weighted by atomic mass is 10.1. The van der Waals surface area contributed by atoms with Crippen molar-refractivity contribution >= 4 is 10.0 Å². The van der Waals surface area contributed by atoms with Crippen LogP contribution in [0.25, 0.3) is 0 Å². The van der Waals surface area contributed by atoms with Crippen LogP contribution >= 0.6 is 0 Å². The molecule has 2 rings (SSSR count). The number of aryl methyl sites for hydroxylation is 1. The van der Waals surface area contributed by atoms with Crippen molar-refractivity contribution in [2.75, 3.05) is 7.05 Å².